The molecule has 2 aromatic heterocycles. The molecule has 2 aliphatic rings. The maximum Gasteiger partial charge on any atom is 0.246 e. The van der Waals surface area contributed by atoms with E-state index < -0.39 is 17.5 Å². The van der Waals surface area contributed by atoms with Crippen molar-refractivity contribution in [3.63, 3.8) is 0 Å². The lowest BCUT2D eigenvalue weighted by molar-refractivity contribution is -0.144. The van der Waals surface area contributed by atoms with Crippen molar-refractivity contribution < 1.29 is 33.4 Å². The standard InChI is InChI=1S/C55H64N6O7S/c1-34(16-14-20-48-36(3)56-33-69-48)35(2)57-53(64)45-19-15-28-61(45)54(65)52(55(4,5)6)60-49(62)21-10-9-13-29-68-39-25-22-37(23-26-39)44-31-41(38-24-27-46(66-7)47(30-38)67-8)42-32-50(63)58-43-18-12-11-17-40(43)51(42)59-44/h11-12,14,16-18,20,22-27,30-31,33,35,45,52H,9-10,13,15,19,21,28-29,32H2,1-8H3,(H,57,64)(H,58,63)(H,60,62)/b20-14+,34-16+. The normalized spacial score (nSPS) is 15.7. The Morgan fingerprint density at radius 3 is 2.42 bits per heavy atom. The minimum absolute atomic E-state index is 0.115. The molecule has 0 bridgehead atoms. The zero-order valence-electron chi connectivity index (χ0n) is 40.9. The van der Waals surface area contributed by atoms with Gasteiger partial charge in [-0.1, -0.05) is 62.8 Å². The van der Waals surface area contributed by atoms with Crippen LogP contribution < -0.4 is 30.2 Å². The maximum absolute atomic E-state index is 14.1. The summed E-state index contributed by atoms with van der Waals surface area (Å²) in [6.07, 6.45) is 9.81. The van der Waals surface area contributed by atoms with Crippen LogP contribution in [-0.4, -0.2) is 84.0 Å². The summed E-state index contributed by atoms with van der Waals surface area (Å²) in [5.41, 5.74) is 9.69. The van der Waals surface area contributed by atoms with E-state index in [4.69, 9.17) is 19.2 Å². The summed E-state index contributed by atoms with van der Waals surface area (Å²) >= 11 is 1.58. The first kappa shape index (κ1) is 50.1. The van der Waals surface area contributed by atoms with Gasteiger partial charge in [0.2, 0.25) is 23.6 Å². The number of allylic oxidation sites excluding steroid dienone is 2. The van der Waals surface area contributed by atoms with E-state index >= 15 is 0 Å². The summed E-state index contributed by atoms with van der Waals surface area (Å²) in [6, 6.07) is 21.7. The van der Waals surface area contributed by atoms with Gasteiger partial charge in [0.1, 0.15) is 17.8 Å². The fourth-order valence-electron chi connectivity index (χ4n) is 8.69. The average Bonchev–Trinajstić information content (AvgIpc) is 3.97. The Bertz CT molecular complexity index is 2720. The molecule has 2 aliphatic heterocycles. The number of carbonyl (C=O) groups is 4. The molecule has 4 heterocycles. The van der Waals surface area contributed by atoms with Gasteiger partial charge in [-0.2, -0.15) is 0 Å². The summed E-state index contributed by atoms with van der Waals surface area (Å²) in [4.78, 5) is 66.4. The molecule has 14 heteroatoms. The number of ether oxygens (including phenoxy) is 3. The molecular formula is C55H64N6O7S. The Kier molecular flexibility index (Phi) is 16.4. The molecule has 4 amide bonds. The summed E-state index contributed by atoms with van der Waals surface area (Å²) in [6.45, 7) is 12.6. The lowest BCUT2D eigenvalue weighted by Gasteiger charge is -2.35. The van der Waals surface area contributed by atoms with Gasteiger partial charge in [0.15, 0.2) is 11.5 Å². The third kappa shape index (κ3) is 12.3. The second-order valence-corrected chi connectivity index (χ2v) is 19.7. The van der Waals surface area contributed by atoms with Gasteiger partial charge >= 0.3 is 0 Å². The molecule has 3 unspecified atom stereocenters. The van der Waals surface area contributed by atoms with Gasteiger partial charge in [-0.05, 0) is 130 Å². The molecular weight excluding hydrogens is 889 g/mol. The Hall–Kier alpha value is -6.80. The molecule has 13 nitrogen and oxygen atoms in total. The Morgan fingerprint density at radius 2 is 1.70 bits per heavy atom. The van der Waals surface area contributed by atoms with E-state index in [2.05, 4.69) is 20.9 Å². The zero-order chi connectivity index (χ0) is 49.2. The Morgan fingerprint density at radius 1 is 0.942 bits per heavy atom. The van der Waals surface area contributed by atoms with E-state index in [1.807, 2.05) is 138 Å². The Balaban J connectivity index is 0.921. The molecule has 3 aromatic carbocycles. The number of fused-ring (bicyclic) bond motifs is 3. The molecule has 3 atom stereocenters. The summed E-state index contributed by atoms with van der Waals surface area (Å²) in [5.74, 6) is 1.18. The maximum atomic E-state index is 14.1. The topological polar surface area (TPSA) is 161 Å². The largest absolute Gasteiger partial charge is 0.494 e. The first-order chi connectivity index (χ1) is 33.1. The highest BCUT2D eigenvalue weighted by atomic mass is 32.1. The van der Waals surface area contributed by atoms with Gasteiger partial charge in [0, 0.05) is 35.0 Å². The van der Waals surface area contributed by atoms with Crippen molar-refractivity contribution >= 4 is 46.7 Å². The molecule has 0 spiro atoms. The SMILES string of the molecule is COc1ccc(-c2cc(-c3ccc(OCCCCCC(=O)NC(C(=O)N4CCCC4C(=O)NC(C)/C(C)=C/C=C/c4scnc4C)C(C)(C)C)cc3)nc3c2CC(=O)Nc2ccccc2-3)cc1OC. The number of rotatable bonds is 18. The third-order valence-corrected chi connectivity index (χ3v) is 13.7. The molecule has 7 rings (SSSR count). The van der Waals surface area contributed by atoms with Crippen LogP contribution in [0.3, 0.4) is 0 Å². The number of thiazole rings is 1. The van der Waals surface area contributed by atoms with Crippen LogP contribution in [0.25, 0.3) is 39.7 Å². The smallest absolute Gasteiger partial charge is 0.246 e. The first-order valence-electron chi connectivity index (χ1n) is 23.7. The average molecular weight is 953 g/mol. The summed E-state index contributed by atoms with van der Waals surface area (Å²) in [7, 11) is 3.20. The minimum atomic E-state index is -0.778. The monoisotopic (exact) mass is 952 g/mol. The number of pyridine rings is 1. The second-order valence-electron chi connectivity index (χ2n) is 18.8. The van der Waals surface area contributed by atoms with E-state index in [1.54, 1.807) is 30.5 Å². The third-order valence-electron chi connectivity index (χ3n) is 12.8. The molecule has 3 N–H and O–H groups in total. The molecule has 0 saturated carbocycles. The van der Waals surface area contributed by atoms with Crippen LogP contribution in [0, 0.1) is 12.3 Å². The fourth-order valence-corrected chi connectivity index (χ4v) is 9.39. The number of aryl methyl sites for hydroxylation is 1. The Labute approximate surface area is 409 Å². The van der Waals surface area contributed by atoms with Crippen LogP contribution in [0.5, 0.6) is 17.2 Å². The number of benzene rings is 3. The van der Waals surface area contributed by atoms with E-state index in [0.29, 0.717) is 55.4 Å². The van der Waals surface area contributed by atoms with Crippen molar-refractivity contribution in [3.8, 4) is 50.9 Å². The van der Waals surface area contributed by atoms with Gasteiger partial charge in [0.05, 0.1) is 55.5 Å². The van der Waals surface area contributed by atoms with Gasteiger partial charge in [-0.25, -0.2) is 9.97 Å². The molecule has 362 valence electrons. The highest BCUT2D eigenvalue weighted by molar-refractivity contribution is 7.10. The first-order valence-corrected chi connectivity index (χ1v) is 24.6. The predicted octanol–water partition coefficient (Wildman–Crippen LogP) is 9.98. The number of para-hydroxylation sites is 1. The number of nitrogens with zero attached hydrogens (tertiary/aromatic N) is 3. The molecule has 1 fully saturated rings. The number of nitrogens with one attached hydrogen (secondary N) is 3. The highest BCUT2D eigenvalue weighted by Crippen LogP contribution is 2.42. The van der Waals surface area contributed by atoms with Crippen LogP contribution in [0.15, 0.2) is 96.0 Å². The number of methoxy groups -OCH3 is 2. The number of hydrogen-bond acceptors (Lipinski definition) is 10. The van der Waals surface area contributed by atoms with E-state index in [-0.39, 0.29) is 42.5 Å². The molecule has 69 heavy (non-hydrogen) atoms. The van der Waals surface area contributed by atoms with E-state index in [0.717, 1.165) is 68.2 Å². The lowest BCUT2D eigenvalue weighted by atomic mass is 9.85. The van der Waals surface area contributed by atoms with Gasteiger partial charge in [0.25, 0.3) is 0 Å². The van der Waals surface area contributed by atoms with Crippen LogP contribution in [0.1, 0.15) is 89.3 Å². The fraction of sp³-hybridized carbons (Fsp3) is 0.382. The van der Waals surface area contributed by atoms with Crippen molar-refractivity contribution in [2.24, 2.45) is 5.41 Å². The van der Waals surface area contributed by atoms with Crippen molar-refractivity contribution in [3.05, 3.63) is 112 Å². The van der Waals surface area contributed by atoms with Crippen molar-refractivity contribution in [2.45, 2.75) is 105 Å². The van der Waals surface area contributed by atoms with Crippen LogP contribution in [0.2, 0.25) is 0 Å². The number of aromatic nitrogens is 2. The molecule has 0 aliphatic carbocycles. The predicted molar refractivity (Wildman–Crippen MR) is 273 cm³/mol. The molecule has 5 aromatic rings. The quantitative estimate of drug-likeness (QED) is 0.0574. The van der Waals surface area contributed by atoms with Crippen LogP contribution in [0.4, 0.5) is 5.69 Å². The number of unbranched alkanes of at least 4 members (excludes halogenated alkanes) is 2. The van der Waals surface area contributed by atoms with Crippen molar-refractivity contribution in [1.82, 2.24) is 25.5 Å². The molecule has 1 saturated heterocycles. The van der Waals surface area contributed by atoms with Crippen molar-refractivity contribution in [1.29, 1.82) is 0 Å². The zero-order valence-corrected chi connectivity index (χ0v) is 41.8. The minimum Gasteiger partial charge on any atom is -0.494 e. The van der Waals surface area contributed by atoms with Gasteiger partial charge < -0.3 is 35.1 Å². The highest BCUT2D eigenvalue weighted by Gasteiger charge is 2.42. The van der Waals surface area contributed by atoms with Crippen LogP contribution in [-0.2, 0) is 25.6 Å². The number of hydrogen-bond donors (Lipinski definition) is 3. The van der Waals surface area contributed by atoms with Crippen LogP contribution >= 0.6 is 11.3 Å². The van der Waals surface area contributed by atoms with Gasteiger partial charge in [-0.3, -0.25) is 19.2 Å². The van der Waals surface area contributed by atoms with Crippen molar-refractivity contribution in [2.75, 3.05) is 32.7 Å². The number of carbonyl (C=O) groups excluding carboxylic acids is 4. The molecule has 0 radical (unpaired) electrons. The second kappa shape index (κ2) is 22.5. The number of amides is 4. The van der Waals surface area contributed by atoms with E-state index in [9.17, 15) is 19.2 Å². The lowest BCUT2D eigenvalue weighted by Crippen LogP contribution is -2.58. The van der Waals surface area contributed by atoms with Gasteiger partial charge in [-0.15, -0.1) is 11.3 Å². The summed E-state index contributed by atoms with van der Waals surface area (Å²) in [5, 5.41) is 9.19. The summed E-state index contributed by atoms with van der Waals surface area (Å²) < 4.78 is 17.3. The van der Waals surface area contributed by atoms with E-state index in [1.165, 1.54) is 0 Å². The number of likely N-dealkylation sites (tertiary alicyclic amines) is 1. The number of anilines is 1.